The molecule has 0 saturated heterocycles. The first-order chi connectivity index (χ1) is 7.06. The van der Waals surface area contributed by atoms with Crippen LogP contribution in [0, 0.1) is 6.92 Å². The van der Waals surface area contributed by atoms with Crippen molar-refractivity contribution in [2.24, 2.45) is 0 Å². The first-order valence-corrected chi connectivity index (χ1v) is 5.89. The molecule has 1 aromatic rings. The number of aliphatic hydroxyl groups is 1. The minimum Gasteiger partial charge on any atom is -0.495 e. The van der Waals surface area contributed by atoms with Gasteiger partial charge < -0.3 is 9.84 Å². The summed E-state index contributed by atoms with van der Waals surface area (Å²) in [5.74, 6) is 0.857. The lowest BCUT2D eigenvalue weighted by Gasteiger charge is -2.16. The maximum absolute atomic E-state index is 9.95. The maximum atomic E-state index is 9.95. The molecule has 2 nitrogen and oxygen atoms in total. The van der Waals surface area contributed by atoms with Crippen LogP contribution < -0.4 is 4.74 Å². The van der Waals surface area contributed by atoms with Crippen molar-refractivity contribution in [3.63, 3.8) is 0 Å². The first-order valence-electron chi connectivity index (χ1n) is 5.10. The monoisotopic (exact) mass is 270 g/mol. The lowest BCUT2D eigenvalue weighted by atomic mass is 10.0. The molecule has 82 valence electrons. The van der Waals surface area contributed by atoms with E-state index >= 15 is 0 Å². The molecule has 15 heavy (non-hydrogen) atoms. The molecular weight excluding hydrogens is 256 g/mol. The van der Waals surface area contributed by atoms with E-state index in [4.69, 9.17) is 4.74 Å². The molecule has 1 saturated carbocycles. The van der Waals surface area contributed by atoms with Gasteiger partial charge in [-0.3, -0.25) is 0 Å². The molecular formula is C12H15BrO2. The highest BCUT2D eigenvalue weighted by molar-refractivity contribution is 9.10. The van der Waals surface area contributed by atoms with Gasteiger partial charge in [0.25, 0.3) is 0 Å². The largest absolute Gasteiger partial charge is 0.495 e. The predicted octanol–water partition coefficient (Wildman–Crippen LogP) is 2.83. The van der Waals surface area contributed by atoms with Gasteiger partial charge in [0, 0.05) is 12.0 Å². The fraction of sp³-hybridized carbons (Fsp3) is 0.500. The Morgan fingerprint density at radius 1 is 1.47 bits per heavy atom. The highest BCUT2D eigenvalue weighted by atomic mass is 79.9. The molecule has 0 unspecified atom stereocenters. The van der Waals surface area contributed by atoms with Crippen LogP contribution in [0.1, 0.15) is 24.0 Å². The van der Waals surface area contributed by atoms with Gasteiger partial charge in [-0.1, -0.05) is 6.07 Å². The molecule has 0 bridgehead atoms. The molecule has 0 aromatic heterocycles. The normalized spacial score (nSPS) is 17.6. The van der Waals surface area contributed by atoms with Gasteiger partial charge in [-0.25, -0.2) is 0 Å². The van der Waals surface area contributed by atoms with Crippen molar-refractivity contribution in [3.05, 3.63) is 27.7 Å². The molecule has 0 spiro atoms. The number of rotatable bonds is 3. The quantitative estimate of drug-likeness (QED) is 0.916. The van der Waals surface area contributed by atoms with Gasteiger partial charge >= 0.3 is 0 Å². The molecule has 0 aliphatic heterocycles. The highest BCUT2D eigenvalue weighted by Crippen LogP contribution is 2.42. The molecule has 0 amide bonds. The van der Waals surface area contributed by atoms with Crippen molar-refractivity contribution in [1.82, 2.24) is 0 Å². The molecule has 0 radical (unpaired) electrons. The van der Waals surface area contributed by atoms with Crippen molar-refractivity contribution in [3.8, 4) is 5.75 Å². The summed E-state index contributed by atoms with van der Waals surface area (Å²) in [5, 5.41) is 9.95. The molecule has 2 rings (SSSR count). The second kappa shape index (κ2) is 3.80. The number of halogens is 1. The second-order valence-corrected chi connectivity index (χ2v) is 5.13. The summed E-state index contributed by atoms with van der Waals surface area (Å²) in [6, 6.07) is 4.03. The van der Waals surface area contributed by atoms with E-state index in [1.807, 2.05) is 12.1 Å². The van der Waals surface area contributed by atoms with E-state index in [0.29, 0.717) is 6.42 Å². The summed E-state index contributed by atoms with van der Waals surface area (Å²) in [6.45, 7) is 2.05. The number of hydrogen-bond acceptors (Lipinski definition) is 2. The van der Waals surface area contributed by atoms with E-state index in [0.717, 1.165) is 28.6 Å². The van der Waals surface area contributed by atoms with Crippen molar-refractivity contribution >= 4 is 15.9 Å². The number of benzene rings is 1. The smallest absolute Gasteiger partial charge is 0.136 e. The van der Waals surface area contributed by atoms with Crippen molar-refractivity contribution in [2.75, 3.05) is 7.11 Å². The third kappa shape index (κ3) is 2.18. The molecule has 1 N–H and O–H groups in total. The Labute approximate surface area is 98.4 Å². The van der Waals surface area contributed by atoms with Gasteiger partial charge in [0.05, 0.1) is 17.2 Å². The second-order valence-electron chi connectivity index (χ2n) is 4.28. The number of methoxy groups -OCH3 is 1. The third-order valence-electron chi connectivity index (χ3n) is 2.98. The van der Waals surface area contributed by atoms with E-state index in [1.165, 1.54) is 5.56 Å². The van der Waals surface area contributed by atoms with Crippen LogP contribution in [-0.4, -0.2) is 17.8 Å². The molecule has 1 aromatic carbocycles. The Kier molecular flexibility index (Phi) is 2.77. The van der Waals surface area contributed by atoms with E-state index in [-0.39, 0.29) is 0 Å². The summed E-state index contributed by atoms with van der Waals surface area (Å²) in [6.07, 6.45) is 2.51. The summed E-state index contributed by atoms with van der Waals surface area (Å²) in [7, 11) is 1.67. The molecule has 0 atom stereocenters. The maximum Gasteiger partial charge on any atom is 0.136 e. The van der Waals surface area contributed by atoms with E-state index in [9.17, 15) is 5.11 Å². The van der Waals surface area contributed by atoms with Crippen molar-refractivity contribution in [2.45, 2.75) is 31.8 Å². The van der Waals surface area contributed by atoms with Crippen LogP contribution in [0.3, 0.4) is 0 Å². The molecule has 1 fully saturated rings. The van der Waals surface area contributed by atoms with Gasteiger partial charge in [-0.05, 0) is 47.3 Å². The standard InChI is InChI=1S/C12H15BrO2/c1-8-3-4-10(13)11(15-2)9(8)7-12(14)5-6-12/h3-4,14H,5-7H2,1-2H3. The fourth-order valence-corrected chi connectivity index (χ4v) is 2.32. The average Bonchev–Trinajstić information content (AvgIpc) is 2.91. The molecule has 3 heteroatoms. The minimum absolute atomic E-state index is 0.473. The lowest BCUT2D eigenvalue weighted by molar-refractivity contribution is 0.149. The Hall–Kier alpha value is -0.540. The zero-order chi connectivity index (χ0) is 11.1. The van der Waals surface area contributed by atoms with Crippen LogP contribution in [0.5, 0.6) is 5.75 Å². The third-order valence-corrected chi connectivity index (χ3v) is 3.61. The number of aryl methyl sites for hydroxylation is 1. The molecule has 1 aliphatic rings. The Bertz CT molecular complexity index is 383. The van der Waals surface area contributed by atoms with Gasteiger partial charge in [-0.15, -0.1) is 0 Å². The lowest BCUT2D eigenvalue weighted by Crippen LogP contribution is -2.13. The zero-order valence-corrected chi connectivity index (χ0v) is 10.6. The summed E-state index contributed by atoms with van der Waals surface area (Å²) >= 11 is 3.46. The van der Waals surface area contributed by atoms with Gasteiger partial charge in [0.15, 0.2) is 0 Å². The van der Waals surface area contributed by atoms with Crippen LogP contribution in [0.4, 0.5) is 0 Å². The summed E-state index contributed by atoms with van der Waals surface area (Å²) < 4.78 is 6.33. The van der Waals surface area contributed by atoms with Crippen LogP contribution in [0.15, 0.2) is 16.6 Å². The van der Waals surface area contributed by atoms with Gasteiger partial charge in [0.1, 0.15) is 5.75 Å². The van der Waals surface area contributed by atoms with E-state index in [2.05, 4.69) is 22.9 Å². The molecule has 0 heterocycles. The zero-order valence-electron chi connectivity index (χ0n) is 9.01. The molecule has 1 aliphatic carbocycles. The van der Waals surface area contributed by atoms with Crippen molar-refractivity contribution < 1.29 is 9.84 Å². The fourth-order valence-electron chi connectivity index (χ4n) is 1.79. The number of ether oxygens (including phenoxy) is 1. The van der Waals surface area contributed by atoms with E-state index in [1.54, 1.807) is 7.11 Å². The topological polar surface area (TPSA) is 29.5 Å². The van der Waals surface area contributed by atoms with Gasteiger partial charge in [0.2, 0.25) is 0 Å². The minimum atomic E-state index is -0.473. The highest BCUT2D eigenvalue weighted by Gasteiger charge is 2.41. The van der Waals surface area contributed by atoms with Crippen LogP contribution in [-0.2, 0) is 6.42 Å². The Morgan fingerprint density at radius 2 is 2.13 bits per heavy atom. The Balaban J connectivity index is 2.38. The van der Waals surface area contributed by atoms with E-state index < -0.39 is 5.60 Å². The van der Waals surface area contributed by atoms with Crippen molar-refractivity contribution in [1.29, 1.82) is 0 Å². The first kappa shape index (κ1) is 11.0. The number of hydrogen-bond donors (Lipinski definition) is 1. The Morgan fingerprint density at radius 3 is 2.67 bits per heavy atom. The summed E-state index contributed by atoms with van der Waals surface area (Å²) in [4.78, 5) is 0. The van der Waals surface area contributed by atoms with Crippen LogP contribution in [0.2, 0.25) is 0 Å². The SMILES string of the molecule is COc1c(Br)ccc(C)c1CC1(O)CC1. The van der Waals surface area contributed by atoms with Gasteiger partial charge in [-0.2, -0.15) is 0 Å². The van der Waals surface area contributed by atoms with Crippen LogP contribution in [0.25, 0.3) is 0 Å². The summed E-state index contributed by atoms with van der Waals surface area (Å²) in [5.41, 5.74) is 1.82. The average molecular weight is 271 g/mol. The predicted molar refractivity (Wildman–Crippen MR) is 63.3 cm³/mol. The van der Waals surface area contributed by atoms with Crippen LogP contribution >= 0.6 is 15.9 Å².